The van der Waals surface area contributed by atoms with Crippen LogP contribution < -0.4 is 0 Å². The lowest BCUT2D eigenvalue weighted by Gasteiger charge is -2.56. The maximum Gasteiger partial charge on any atom is 0.400 e. The number of hydrogen-bond acceptors (Lipinski definition) is 7. The number of carbonyl (C=O) groups is 1. The third-order valence-corrected chi connectivity index (χ3v) is 22.6. The van der Waals surface area contributed by atoms with Gasteiger partial charge >= 0.3 is 23.2 Å². The smallest absolute Gasteiger partial charge is 0.394 e. The number of fused-ring (bicyclic) bond motifs is 6. The van der Waals surface area contributed by atoms with Crippen molar-refractivity contribution in [2.24, 2.45) is 122 Å². The normalized spacial score (nSPS) is 49.6. The van der Waals surface area contributed by atoms with Gasteiger partial charge in [-0.3, -0.25) is 13.8 Å². The SMILES string of the molecule is CC1C[C@@H](C(C)(C)C)C2OP(OC(=O)C3CCCCC3OP3OC4C(C5C(C)C(C)C[C@@H](C(C)(C)C)C5O3)[C@H](C)[C@H](C)CC4C(C)(C)C)OC3C(C2C1C)[C@H](C)[C@H](C)CC3C(C)(C)C. The highest BCUT2D eigenvalue weighted by molar-refractivity contribution is 7.42. The first kappa shape index (κ1) is 52.0. The van der Waals surface area contributed by atoms with Crippen LogP contribution in [0.3, 0.4) is 0 Å². The van der Waals surface area contributed by atoms with Gasteiger partial charge in [-0.25, -0.2) is 0 Å². The molecule has 0 aromatic heterocycles. The zero-order chi connectivity index (χ0) is 47.3. The molecule has 5 saturated carbocycles. The molecule has 0 N–H and O–H groups in total. The molecule has 7 nitrogen and oxygen atoms in total. The molecular formula is C55H98O7P2. The van der Waals surface area contributed by atoms with Crippen LogP contribution in [-0.4, -0.2) is 36.5 Å². The summed E-state index contributed by atoms with van der Waals surface area (Å²) in [5, 5.41) is 0. The predicted octanol–water partition coefficient (Wildman–Crippen LogP) is 15.9. The van der Waals surface area contributed by atoms with Crippen molar-refractivity contribution in [1.29, 1.82) is 0 Å². The van der Waals surface area contributed by atoms with Gasteiger partial charge in [0.15, 0.2) is 0 Å². The van der Waals surface area contributed by atoms with Gasteiger partial charge in [-0.15, -0.1) is 0 Å². The van der Waals surface area contributed by atoms with Gasteiger partial charge < -0.3 is 18.1 Å². The molecule has 7 aliphatic rings. The molecule has 24 atom stereocenters. The minimum Gasteiger partial charge on any atom is -0.394 e. The van der Waals surface area contributed by atoms with E-state index in [0.29, 0.717) is 94.7 Å². The fourth-order valence-corrected chi connectivity index (χ4v) is 18.3. The summed E-state index contributed by atoms with van der Waals surface area (Å²) in [4.78, 5) is 15.1. The zero-order valence-corrected chi connectivity index (χ0v) is 46.4. The number of rotatable bonds is 4. The van der Waals surface area contributed by atoms with Crippen molar-refractivity contribution >= 4 is 23.2 Å². The van der Waals surface area contributed by atoms with Crippen LogP contribution in [0.2, 0.25) is 0 Å². The standard InChI is InChI=1S/C55H98O7P2/c1-29-25-38(52(9,10)11)47-43(33(29)5)44-34(6)30(2)26-39(53(12,13)14)48(44)59-63(58-47)57-42-24-22-21-23-37(42)51(56)62-64-60-49-40(54(15,16)17)27-31(3)35(7)45(49)46-36(8)32(4)28-41(50(46)61-64)55(18,19)20/h29-50H,21-28H2,1-20H3/t29-,30?,31-,32?,33-,34?,35-,36?,37?,38?,39-,40?,41-,42?,43?,44?,45?,46?,47?,48?,49?,50?,63?,64?/m1/s1. The molecule has 0 amide bonds. The lowest BCUT2D eigenvalue weighted by Crippen LogP contribution is -2.56. The Morgan fingerprint density at radius 1 is 0.438 bits per heavy atom. The molecule has 2 heterocycles. The maximum atomic E-state index is 15.1. The second kappa shape index (κ2) is 19.0. The van der Waals surface area contributed by atoms with E-state index in [4.69, 9.17) is 27.1 Å². The highest BCUT2D eigenvalue weighted by atomic mass is 31.2. The number of hydrogen-bond donors (Lipinski definition) is 0. The lowest BCUT2D eigenvalue weighted by atomic mass is 9.51. The molecular weight excluding hydrogens is 835 g/mol. The van der Waals surface area contributed by atoms with Crippen LogP contribution in [0.15, 0.2) is 0 Å². The van der Waals surface area contributed by atoms with E-state index in [0.717, 1.165) is 51.4 Å². The predicted molar refractivity (Wildman–Crippen MR) is 264 cm³/mol. The molecule has 2 saturated heterocycles. The summed E-state index contributed by atoms with van der Waals surface area (Å²) in [6.45, 7) is 48.6. The van der Waals surface area contributed by atoms with E-state index in [1.54, 1.807) is 0 Å². The minimum atomic E-state index is -1.95. The van der Waals surface area contributed by atoms with E-state index in [2.05, 4.69) is 138 Å². The highest BCUT2D eigenvalue weighted by Gasteiger charge is 2.62. The monoisotopic (exact) mass is 933 g/mol. The average Bonchev–Trinajstić information content (AvgIpc) is 3.44. The number of carbonyl (C=O) groups excluding carboxylic acids is 1. The zero-order valence-electron chi connectivity index (χ0n) is 44.6. The molecule has 18 unspecified atom stereocenters. The van der Waals surface area contributed by atoms with Gasteiger partial charge in [0.1, 0.15) is 0 Å². The summed E-state index contributed by atoms with van der Waals surface area (Å²) in [5.74, 6) is 6.60. The lowest BCUT2D eigenvalue weighted by molar-refractivity contribution is -0.146. The van der Waals surface area contributed by atoms with Gasteiger partial charge in [0.25, 0.3) is 0 Å². The molecule has 0 aromatic carbocycles. The summed E-state index contributed by atoms with van der Waals surface area (Å²) in [5.41, 5.74) is 0.219. The van der Waals surface area contributed by atoms with Crippen molar-refractivity contribution in [1.82, 2.24) is 0 Å². The molecule has 5 aliphatic carbocycles. The fourth-order valence-electron chi connectivity index (χ4n) is 15.3. The summed E-state index contributed by atoms with van der Waals surface area (Å²) < 4.78 is 43.7. The van der Waals surface area contributed by atoms with Crippen LogP contribution in [0.4, 0.5) is 0 Å². The molecule has 9 heteroatoms. The van der Waals surface area contributed by atoms with E-state index < -0.39 is 23.1 Å². The van der Waals surface area contributed by atoms with Crippen LogP contribution in [0.25, 0.3) is 0 Å². The second-order valence-electron chi connectivity index (χ2n) is 28.2. The Kier molecular flexibility index (Phi) is 15.5. The van der Waals surface area contributed by atoms with Crippen LogP contribution in [0.1, 0.15) is 190 Å². The van der Waals surface area contributed by atoms with E-state index in [-0.39, 0.29) is 58.1 Å². The van der Waals surface area contributed by atoms with Gasteiger partial charge in [-0.05, 0) is 155 Å². The van der Waals surface area contributed by atoms with E-state index in [1.807, 2.05) is 0 Å². The molecule has 7 fully saturated rings. The molecule has 2 aliphatic heterocycles. The summed E-state index contributed by atoms with van der Waals surface area (Å²) in [6, 6.07) is 0. The van der Waals surface area contributed by atoms with Crippen molar-refractivity contribution in [3.63, 3.8) is 0 Å². The Bertz CT molecular complexity index is 1500. The molecule has 0 aromatic rings. The quantitative estimate of drug-likeness (QED) is 0.260. The van der Waals surface area contributed by atoms with Crippen LogP contribution >= 0.6 is 17.2 Å². The molecule has 0 radical (unpaired) electrons. The third kappa shape index (κ3) is 10.2. The fraction of sp³-hybridized carbons (Fsp3) is 0.982. The van der Waals surface area contributed by atoms with Crippen LogP contribution in [-0.2, 0) is 31.9 Å². The summed E-state index contributed by atoms with van der Waals surface area (Å²) in [7, 11) is -3.69. The maximum absolute atomic E-state index is 15.1. The van der Waals surface area contributed by atoms with E-state index in [1.165, 1.54) is 0 Å². The Morgan fingerprint density at radius 2 is 0.719 bits per heavy atom. The van der Waals surface area contributed by atoms with Crippen molar-refractivity contribution in [2.75, 3.05) is 0 Å². The molecule has 0 bridgehead atoms. The molecule has 0 spiro atoms. The first-order chi connectivity index (χ1) is 29.5. The highest BCUT2D eigenvalue weighted by Crippen LogP contribution is 2.67. The van der Waals surface area contributed by atoms with Gasteiger partial charge in [0, 0.05) is 0 Å². The second-order valence-corrected chi connectivity index (χ2v) is 30.3. The van der Waals surface area contributed by atoms with E-state index >= 15 is 4.79 Å². The minimum absolute atomic E-state index is 0.0308. The van der Waals surface area contributed by atoms with E-state index in [9.17, 15) is 0 Å². The summed E-state index contributed by atoms with van der Waals surface area (Å²) >= 11 is 0. The molecule has 370 valence electrons. The Hall–Kier alpha value is 0.130. The van der Waals surface area contributed by atoms with Crippen LogP contribution in [0, 0.1) is 122 Å². The first-order valence-electron chi connectivity index (χ1n) is 26.7. The van der Waals surface area contributed by atoms with Crippen molar-refractivity contribution in [3.05, 3.63) is 0 Å². The molecule has 7 rings (SSSR count). The Balaban J connectivity index is 1.21. The average molecular weight is 933 g/mol. The van der Waals surface area contributed by atoms with Gasteiger partial charge in [0.05, 0.1) is 36.4 Å². The van der Waals surface area contributed by atoms with Crippen molar-refractivity contribution < 1.29 is 31.9 Å². The Labute approximate surface area is 396 Å². The van der Waals surface area contributed by atoms with Gasteiger partial charge in [0.2, 0.25) is 0 Å². The summed E-state index contributed by atoms with van der Waals surface area (Å²) in [6.07, 6.45) is 7.68. The Morgan fingerprint density at radius 3 is 1.02 bits per heavy atom. The van der Waals surface area contributed by atoms with Crippen molar-refractivity contribution in [3.8, 4) is 0 Å². The topological polar surface area (TPSA) is 72.5 Å². The van der Waals surface area contributed by atoms with Gasteiger partial charge in [-0.2, -0.15) is 0 Å². The van der Waals surface area contributed by atoms with Crippen LogP contribution in [0.5, 0.6) is 0 Å². The van der Waals surface area contributed by atoms with Crippen molar-refractivity contribution in [2.45, 2.75) is 220 Å². The third-order valence-electron chi connectivity index (χ3n) is 20.2. The molecule has 64 heavy (non-hydrogen) atoms. The first-order valence-corrected chi connectivity index (χ1v) is 28.9. The largest absolute Gasteiger partial charge is 0.400 e. The van der Waals surface area contributed by atoms with Gasteiger partial charge in [-0.1, -0.05) is 151 Å².